The smallest absolute Gasteiger partial charge is 0.330 e. The van der Waals surface area contributed by atoms with Gasteiger partial charge >= 0.3 is 5.97 Å². The van der Waals surface area contributed by atoms with Crippen LogP contribution in [0, 0.1) is 0 Å². The van der Waals surface area contributed by atoms with Crippen LogP contribution < -0.4 is 4.74 Å². The van der Waals surface area contributed by atoms with Gasteiger partial charge in [0.25, 0.3) is 0 Å². The monoisotopic (exact) mass is 375 g/mol. The van der Waals surface area contributed by atoms with Crippen molar-refractivity contribution in [3.8, 4) is 5.75 Å². The Bertz CT molecular complexity index is 621. The summed E-state index contributed by atoms with van der Waals surface area (Å²) in [5.74, 6) is 0.462. The summed E-state index contributed by atoms with van der Waals surface area (Å²) in [6.07, 6.45) is 4.07. The van der Waals surface area contributed by atoms with Crippen molar-refractivity contribution in [3.63, 3.8) is 0 Å². The van der Waals surface area contributed by atoms with Crippen molar-refractivity contribution in [1.82, 2.24) is 4.90 Å². The number of aliphatic hydroxyl groups excluding tert-OH is 1. The molecule has 0 aromatic heterocycles. The van der Waals surface area contributed by atoms with Gasteiger partial charge in [-0.25, -0.2) is 4.79 Å². The van der Waals surface area contributed by atoms with E-state index in [9.17, 15) is 9.90 Å². The summed E-state index contributed by atoms with van der Waals surface area (Å²) in [6.45, 7) is 10.9. The highest BCUT2D eigenvalue weighted by molar-refractivity contribution is 5.81. The second-order valence-electron chi connectivity index (χ2n) is 8.48. The van der Waals surface area contributed by atoms with Gasteiger partial charge in [0.2, 0.25) is 0 Å². The minimum atomic E-state index is -0.732. The predicted molar refractivity (Wildman–Crippen MR) is 107 cm³/mol. The van der Waals surface area contributed by atoms with Gasteiger partial charge in [-0.15, -0.1) is 0 Å². The maximum absolute atomic E-state index is 11.5. The van der Waals surface area contributed by atoms with Gasteiger partial charge in [-0.1, -0.05) is 24.3 Å². The molecule has 0 radical (unpaired) electrons. The Balaban J connectivity index is 2.00. The number of allylic oxidation sites excluding steroid dienone is 1. The minimum Gasteiger partial charge on any atom is -0.490 e. The summed E-state index contributed by atoms with van der Waals surface area (Å²) in [5, 5.41) is 10.4. The summed E-state index contributed by atoms with van der Waals surface area (Å²) >= 11 is 0. The van der Waals surface area contributed by atoms with Crippen LogP contribution in [0.4, 0.5) is 0 Å². The lowest BCUT2D eigenvalue weighted by Gasteiger charge is -2.55. The first-order valence-electron chi connectivity index (χ1n) is 9.61. The molecule has 1 fully saturated rings. The highest BCUT2D eigenvalue weighted by Crippen LogP contribution is 2.39. The molecule has 1 saturated heterocycles. The van der Waals surface area contributed by atoms with Crippen LogP contribution in [0.5, 0.6) is 5.75 Å². The molecule has 0 amide bonds. The van der Waals surface area contributed by atoms with Gasteiger partial charge < -0.3 is 14.6 Å². The number of nitrogens with zero attached hydrogens (tertiary/aromatic N) is 1. The molecule has 1 heterocycles. The van der Waals surface area contributed by atoms with E-state index < -0.39 is 12.1 Å². The number of esters is 1. The number of carbonyl (C=O) groups is 1. The third kappa shape index (κ3) is 6.08. The molecular formula is C22H33NO4. The fraction of sp³-hybridized carbons (Fsp3) is 0.591. The minimum absolute atomic E-state index is 0.00419. The van der Waals surface area contributed by atoms with E-state index >= 15 is 0 Å². The summed E-state index contributed by atoms with van der Waals surface area (Å²) in [7, 11) is 0. The Morgan fingerprint density at radius 1 is 1.22 bits per heavy atom. The van der Waals surface area contributed by atoms with E-state index in [1.807, 2.05) is 30.3 Å². The molecule has 5 nitrogen and oxygen atoms in total. The SMILES string of the molecule is CC=CC(=O)OCC(O)CN1C(C)(C)CC(Oc2ccccc2)CC1(C)C. The van der Waals surface area contributed by atoms with Crippen molar-refractivity contribution in [2.45, 2.75) is 70.7 Å². The first kappa shape index (κ1) is 21.5. The molecule has 0 saturated carbocycles. The number of rotatable bonds is 7. The van der Waals surface area contributed by atoms with Gasteiger partial charge in [0.15, 0.2) is 0 Å². The van der Waals surface area contributed by atoms with E-state index in [-0.39, 0.29) is 23.8 Å². The lowest BCUT2D eigenvalue weighted by Crippen LogP contribution is -2.64. The Morgan fingerprint density at radius 2 is 1.81 bits per heavy atom. The molecule has 1 N–H and O–H groups in total. The van der Waals surface area contributed by atoms with Gasteiger partial charge in [-0.05, 0) is 46.8 Å². The van der Waals surface area contributed by atoms with Crippen LogP contribution in [0.25, 0.3) is 0 Å². The highest BCUT2D eigenvalue weighted by atomic mass is 16.5. The Hall–Kier alpha value is -1.85. The van der Waals surface area contributed by atoms with Gasteiger partial charge in [0.1, 0.15) is 24.6 Å². The highest BCUT2D eigenvalue weighted by Gasteiger charge is 2.46. The Kier molecular flexibility index (Phi) is 7.06. The third-order valence-corrected chi connectivity index (χ3v) is 5.08. The van der Waals surface area contributed by atoms with Crippen LogP contribution in [0.1, 0.15) is 47.5 Å². The number of hydrogen-bond acceptors (Lipinski definition) is 5. The standard InChI is InChI=1S/C22H33NO4/c1-6-10-20(25)26-16-17(24)15-23-21(2,3)13-19(14-22(23,4)5)27-18-11-8-7-9-12-18/h6-12,17,19,24H,13-16H2,1-5H3. The van der Waals surface area contributed by atoms with Crippen LogP contribution in [0.15, 0.2) is 42.5 Å². The average molecular weight is 376 g/mol. The molecule has 150 valence electrons. The third-order valence-electron chi connectivity index (χ3n) is 5.08. The molecule has 0 spiro atoms. The quantitative estimate of drug-likeness (QED) is 0.583. The molecule has 1 aromatic rings. The topological polar surface area (TPSA) is 59.0 Å². The molecule has 5 heteroatoms. The second kappa shape index (κ2) is 8.89. The van der Waals surface area contributed by atoms with Gasteiger partial charge in [0.05, 0.1) is 0 Å². The first-order valence-corrected chi connectivity index (χ1v) is 9.61. The molecule has 1 aliphatic rings. The number of hydrogen-bond donors (Lipinski definition) is 1. The van der Waals surface area contributed by atoms with Crippen molar-refractivity contribution in [2.75, 3.05) is 13.2 Å². The van der Waals surface area contributed by atoms with Crippen molar-refractivity contribution in [2.24, 2.45) is 0 Å². The lowest BCUT2D eigenvalue weighted by atomic mass is 9.77. The number of benzene rings is 1. The van der Waals surface area contributed by atoms with Crippen LogP contribution in [-0.2, 0) is 9.53 Å². The van der Waals surface area contributed by atoms with Crippen molar-refractivity contribution >= 4 is 5.97 Å². The number of carbonyl (C=O) groups excluding carboxylic acids is 1. The van der Waals surface area contributed by atoms with E-state index in [1.54, 1.807) is 13.0 Å². The second-order valence-corrected chi connectivity index (χ2v) is 8.48. The van der Waals surface area contributed by atoms with E-state index in [4.69, 9.17) is 9.47 Å². The summed E-state index contributed by atoms with van der Waals surface area (Å²) in [6, 6.07) is 9.90. The summed E-state index contributed by atoms with van der Waals surface area (Å²) in [5.41, 5.74) is -0.314. The van der Waals surface area contributed by atoms with E-state index in [0.29, 0.717) is 6.54 Å². The number of ether oxygens (including phenoxy) is 2. The molecule has 1 unspecified atom stereocenters. The van der Waals surface area contributed by atoms with Crippen LogP contribution in [-0.4, -0.2) is 52.4 Å². The number of likely N-dealkylation sites (tertiary alicyclic amines) is 1. The van der Waals surface area contributed by atoms with E-state index in [2.05, 4.69) is 32.6 Å². The Labute approximate surface area is 163 Å². The van der Waals surface area contributed by atoms with Gasteiger partial charge in [0, 0.05) is 36.5 Å². The predicted octanol–water partition coefficient (Wildman–Crippen LogP) is 3.57. The molecule has 1 aliphatic heterocycles. The zero-order valence-electron chi connectivity index (χ0n) is 17.1. The maximum atomic E-state index is 11.5. The summed E-state index contributed by atoms with van der Waals surface area (Å²) < 4.78 is 11.3. The number of aliphatic hydroxyl groups is 1. The number of para-hydroxylation sites is 1. The Morgan fingerprint density at radius 3 is 2.37 bits per heavy atom. The number of piperidine rings is 1. The largest absolute Gasteiger partial charge is 0.490 e. The fourth-order valence-corrected chi connectivity index (χ4v) is 4.12. The van der Waals surface area contributed by atoms with Gasteiger partial charge in [-0.3, -0.25) is 4.90 Å². The maximum Gasteiger partial charge on any atom is 0.330 e. The van der Waals surface area contributed by atoms with Crippen LogP contribution in [0.2, 0.25) is 0 Å². The summed E-state index contributed by atoms with van der Waals surface area (Å²) in [4.78, 5) is 13.8. The van der Waals surface area contributed by atoms with E-state index in [0.717, 1.165) is 18.6 Å². The average Bonchev–Trinajstić information content (AvgIpc) is 2.57. The zero-order valence-corrected chi connectivity index (χ0v) is 17.1. The molecule has 1 atom stereocenters. The normalized spacial score (nSPS) is 21.1. The molecule has 27 heavy (non-hydrogen) atoms. The van der Waals surface area contributed by atoms with E-state index in [1.165, 1.54) is 6.08 Å². The molecule has 0 bridgehead atoms. The van der Waals surface area contributed by atoms with Crippen molar-refractivity contribution < 1.29 is 19.4 Å². The zero-order chi connectivity index (χ0) is 20.1. The lowest BCUT2D eigenvalue weighted by molar-refractivity contribution is -0.143. The molecule has 0 aliphatic carbocycles. The van der Waals surface area contributed by atoms with Crippen molar-refractivity contribution in [1.29, 1.82) is 0 Å². The van der Waals surface area contributed by atoms with Crippen molar-refractivity contribution in [3.05, 3.63) is 42.5 Å². The number of β-amino-alcohol motifs (C(OH)–C–C–N with tert-alkyl or cyclic N) is 1. The molecule has 2 rings (SSSR count). The van der Waals surface area contributed by atoms with Crippen LogP contribution in [0.3, 0.4) is 0 Å². The van der Waals surface area contributed by atoms with Crippen LogP contribution >= 0.6 is 0 Å². The molecule has 1 aromatic carbocycles. The van der Waals surface area contributed by atoms with Gasteiger partial charge in [-0.2, -0.15) is 0 Å². The first-order chi connectivity index (χ1) is 12.6. The fourth-order valence-electron chi connectivity index (χ4n) is 4.12. The molecular weight excluding hydrogens is 342 g/mol.